The van der Waals surface area contributed by atoms with Crippen LogP contribution in [-0.2, 0) is 28.6 Å². The molecule has 0 spiro atoms. The van der Waals surface area contributed by atoms with E-state index in [9.17, 15) is 14.4 Å². The Hall–Kier alpha value is -3.15. The molecule has 56 heavy (non-hydrogen) atoms. The largest absolute Gasteiger partial charge is 0.462 e. The van der Waals surface area contributed by atoms with Gasteiger partial charge in [-0.1, -0.05) is 196 Å². The Balaban J connectivity index is 4.40. The Bertz CT molecular complexity index is 1080. The smallest absolute Gasteiger partial charge is 0.309 e. The van der Waals surface area contributed by atoms with Crippen LogP contribution in [0, 0.1) is 0 Å². The highest BCUT2D eigenvalue weighted by Crippen LogP contribution is 2.15. The molecule has 0 fully saturated rings. The van der Waals surface area contributed by atoms with Crippen LogP contribution in [0.3, 0.4) is 0 Å². The predicted octanol–water partition coefficient (Wildman–Crippen LogP) is 14.7. The molecular formula is C50H84O6. The lowest BCUT2D eigenvalue weighted by Gasteiger charge is -2.18. The summed E-state index contributed by atoms with van der Waals surface area (Å²) in [6, 6.07) is 0. The molecule has 0 saturated heterocycles. The maximum atomic E-state index is 12.7. The van der Waals surface area contributed by atoms with E-state index in [1.54, 1.807) is 6.08 Å². The summed E-state index contributed by atoms with van der Waals surface area (Å²) in [5, 5.41) is 0. The summed E-state index contributed by atoms with van der Waals surface area (Å²) in [4.78, 5) is 37.6. The van der Waals surface area contributed by atoms with Crippen molar-refractivity contribution in [2.45, 2.75) is 213 Å². The zero-order valence-electron chi connectivity index (χ0n) is 36.4. The third-order valence-corrected chi connectivity index (χ3v) is 9.49. The highest BCUT2D eigenvalue weighted by molar-refractivity contribution is 5.72. The van der Waals surface area contributed by atoms with E-state index in [0.717, 1.165) is 70.6 Å². The first-order valence-corrected chi connectivity index (χ1v) is 22.9. The molecule has 0 rings (SSSR count). The summed E-state index contributed by atoms with van der Waals surface area (Å²) < 4.78 is 16.5. The van der Waals surface area contributed by atoms with Gasteiger partial charge in [-0.2, -0.15) is 0 Å². The number of carbonyl (C=O) groups excluding carboxylic acids is 3. The second-order valence-electron chi connectivity index (χ2n) is 14.9. The van der Waals surface area contributed by atoms with Crippen LogP contribution in [-0.4, -0.2) is 37.2 Å². The van der Waals surface area contributed by atoms with Crippen molar-refractivity contribution >= 4 is 17.9 Å². The number of rotatable bonds is 40. The standard InChI is InChI=1S/C50H84O6/c1-4-7-10-13-16-19-21-23-24-25-26-27-29-31-34-37-40-43-49(52)55-46-47(45-54-48(51)42-39-36-33-30-18-15-12-9-6-3)56-50(53)44-41-38-35-32-28-22-20-17-14-11-8-5-2/h8-9,11-12,17-18,20,28,30,32,36,39,47H,4-7,10,13-16,19,21-27,29,31,33-35,37-38,40-46H2,1-3H3/b11-8-,12-9-,20-17-,30-18-,32-28-,39-36-. The SMILES string of the molecule is CC/C=C\C/C=C\C/C=C\CCCCC(=O)OC(COC(=O)C/C=C\C/C=C\C/C=C\CC)COC(=O)CCCCCCCCCCCCCCCCCCC. The van der Waals surface area contributed by atoms with E-state index in [-0.39, 0.29) is 38.0 Å². The maximum Gasteiger partial charge on any atom is 0.309 e. The number of hydrogen-bond acceptors (Lipinski definition) is 6. The second kappa shape index (κ2) is 44.6. The first kappa shape index (κ1) is 52.9. The topological polar surface area (TPSA) is 78.9 Å². The predicted molar refractivity (Wildman–Crippen MR) is 238 cm³/mol. The summed E-state index contributed by atoms with van der Waals surface area (Å²) in [6.07, 6.45) is 55.0. The van der Waals surface area contributed by atoms with Crippen LogP contribution in [0.25, 0.3) is 0 Å². The summed E-state index contributed by atoms with van der Waals surface area (Å²) in [7, 11) is 0. The molecule has 0 saturated carbocycles. The molecule has 1 unspecified atom stereocenters. The molecule has 0 radical (unpaired) electrons. The van der Waals surface area contributed by atoms with Gasteiger partial charge in [-0.15, -0.1) is 0 Å². The van der Waals surface area contributed by atoms with E-state index in [2.05, 4.69) is 81.5 Å². The molecule has 0 heterocycles. The quantitative estimate of drug-likeness (QED) is 0.0267. The first-order chi connectivity index (χ1) is 27.5. The molecule has 0 aliphatic heterocycles. The number of allylic oxidation sites excluding steroid dienone is 11. The first-order valence-electron chi connectivity index (χ1n) is 22.9. The fourth-order valence-corrected chi connectivity index (χ4v) is 6.10. The van der Waals surface area contributed by atoms with Crippen molar-refractivity contribution < 1.29 is 28.6 Å². The van der Waals surface area contributed by atoms with Gasteiger partial charge in [0.15, 0.2) is 6.10 Å². The van der Waals surface area contributed by atoms with Crippen LogP contribution in [0.4, 0.5) is 0 Å². The minimum Gasteiger partial charge on any atom is -0.462 e. The molecule has 0 aliphatic rings. The summed E-state index contributed by atoms with van der Waals surface area (Å²) in [5.41, 5.74) is 0. The van der Waals surface area contributed by atoms with Crippen molar-refractivity contribution in [2.75, 3.05) is 13.2 Å². The molecule has 0 aromatic carbocycles. The Kier molecular flexibility index (Phi) is 42.1. The minimum atomic E-state index is -0.826. The van der Waals surface area contributed by atoms with Crippen LogP contribution in [0.15, 0.2) is 72.9 Å². The number of carbonyl (C=O) groups is 3. The van der Waals surface area contributed by atoms with Gasteiger partial charge in [0.2, 0.25) is 0 Å². The fraction of sp³-hybridized carbons (Fsp3) is 0.700. The number of unbranched alkanes of at least 4 members (excludes halogenated alkanes) is 18. The highest BCUT2D eigenvalue weighted by atomic mass is 16.6. The number of ether oxygens (including phenoxy) is 3. The third kappa shape index (κ3) is 42.0. The molecule has 0 aromatic rings. The van der Waals surface area contributed by atoms with Crippen LogP contribution in [0.5, 0.6) is 0 Å². The Morgan fingerprint density at radius 1 is 0.393 bits per heavy atom. The van der Waals surface area contributed by atoms with Crippen molar-refractivity contribution in [3.8, 4) is 0 Å². The summed E-state index contributed by atoms with van der Waals surface area (Å²) in [6.45, 7) is 6.26. The molecule has 0 aromatic heterocycles. The van der Waals surface area contributed by atoms with Crippen molar-refractivity contribution in [3.05, 3.63) is 72.9 Å². The third-order valence-electron chi connectivity index (χ3n) is 9.49. The molecule has 6 heteroatoms. The molecule has 320 valence electrons. The molecule has 0 bridgehead atoms. The molecule has 1 atom stereocenters. The van der Waals surface area contributed by atoms with Crippen molar-refractivity contribution in [3.63, 3.8) is 0 Å². The van der Waals surface area contributed by atoms with Crippen LogP contribution in [0.2, 0.25) is 0 Å². The van der Waals surface area contributed by atoms with Crippen molar-refractivity contribution in [2.24, 2.45) is 0 Å². The van der Waals surface area contributed by atoms with Gasteiger partial charge in [-0.3, -0.25) is 14.4 Å². The summed E-state index contributed by atoms with van der Waals surface area (Å²) >= 11 is 0. The van der Waals surface area contributed by atoms with Crippen molar-refractivity contribution in [1.29, 1.82) is 0 Å². The Morgan fingerprint density at radius 3 is 1.25 bits per heavy atom. The van der Waals surface area contributed by atoms with E-state index in [1.165, 1.54) is 89.9 Å². The average Bonchev–Trinajstić information content (AvgIpc) is 3.19. The van der Waals surface area contributed by atoms with Gasteiger partial charge in [-0.05, 0) is 64.2 Å². The highest BCUT2D eigenvalue weighted by Gasteiger charge is 2.19. The van der Waals surface area contributed by atoms with E-state index in [4.69, 9.17) is 14.2 Å². The lowest BCUT2D eigenvalue weighted by molar-refractivity contribution is -0.166. The van der Waals surface area contributed by atoms with Crippen molar-refractivity contribution in [1.82, 2.24) is 0 Å². The van der Waals surface area contributed by atoms with Gasteiger partial charge in [0.1, 0.15) is 13.2 Å². The van der Waals surface area contributed by atoms with Gasteiger partial charge in [0.25, 0.3) is 0 Å². The van der Waals surface area contributed by atoms with Gasteiger partial charge in [0, 0.05) is 12.8 Å². The van der Waals surface area contributed by atoms with Crippen LogP contribution >= 0.6 is 0 Å². The number of esters is 3. The zero-order chi connectivity index (χ0) is 40.8. The monoisotopic (exact) mass is 781 g/mol. The minimum absolute atomic E-state index is 0.117. The molecule has 0 aliphatic carbocycles. The van der Waals surface area contributed by atoms with E-state index in [0.29, 0.717) is 12.8 Å². The maximum absolute atomic E-state index is 12.7. The van der Waals surface area contributed by atoms with Crippen LogP contribution < -0.4 is 0 Å². The Labute approximate surface area is 344 Å². The number of hydrogen-bond donors (Lipinski definition) is 0. The van der Waals surface area contributed by atoms with Gasteiger partial charge in [-0.25, -0.2) is 0 Å². The Morgan fingerprint density at radius 2 is 0.768 bits per heavy atom. The molecule has 6 nitrogen and oxygen atoms in total. The van der Waals surface area contributed by atoms with Gasteiger partial charge < -0.3 is 14.2 Å². The molecule has 0 amide bonds. The average molecular weight is 781 g/mol. The lowest BCUT2D eigenvalue weighted by Crippen LogP contribution is -2.30. The van der Waals surface area contributed by atoms with E-state index in [1.807, 2.05) is 6.08 Å². The lowest BCUT2D eigenvalue weighted by atomic mass is 10.0. The normalized spacial score (nSPS) is 12.7. The van der Waals surface area contributed by atoms with Crippen LogP contribution in [0.1, 0.15) is 207 Å². The summed E-state index contributed by atoms with van der Waals surface area (Å²) in [5.74, 6) is -1.09. The van der Waals surface area contributed by atoms with E-state index < -0.39 is 12.1 Å². The molecule has 0 N–H and O–H groups in total. The fourth-order valence-electron chi connectivity index (χ4n) is 6.10. The van der Waals surface area contributed by atoms with Gasteiger partial charge in [0.05, 0.1) is 6.42 Å². The van der Waals surface area contributed by atoms with Gasteiger partial charge >= 0.3 is 17.9 Å². The van der Waals surface area contributed by atoms with E-state index >= 15 is 0 Å². The zero-order valence-corrected chi connectivity index (χ0v) is 36.4. The second-order valence-corrected chi connectivity index (χ2v) is 14.9. The molecular weight excluding hydrogens is 697 g/mol.